The van der Waals surface area contributed by atoms with Crippen LogP contribution in [0.15, 0.2) is 35.9 Å². The number of benzene rings is 1. The maximum Gasteiger partial charge on any atom is 0.306 e. The summed E-state index contributed by atoms with van der Waals surface area (Å²) in [6.07, 6.45) is 2.93. The quantitative estimate of drug-likeness (QED) is 0.583. The van der Waals surface area contributed by atoms with E-state index in [1.165, 1.54) is 0 Å². The Balaban J connectivity index is 2.35. The van der Waals surface area contributed by atoms with E-state index in [1.54, 1.807) is 0 Å². The summed E-state index contributed by atoms with van der Waals surface area (Å²) < 4.78 is 27.2. The lowest BCUT2D eigenvalue weighted by Crippen LogP contribution is -2.02. The Hall–Kier alpha value is -1.29. The second-order valence-electron chi connectivity index (χ2n) is 3.59. The third-order valence-corrected chi connectivity index (χ3v) is 2.56. The van der Waals surface area contributed by atoms with E-state index in [2.05, 4.69) is 0 Å². The molecule has 0 aliphatic heterocycles. The topological polar surface area (TPSA) is 43.4 Å². The van der Waals surface area contributed by atoms with Crippen molar-refractivity contribution in [2.75, 3.05) is 6.26 Å². The van der Waals surface area contributed by atoms with E-state index in [0.29, 0.717) is 5.76 Å². The van der Waals surface area contributed by atoms with Crippen LogP contribution in [0.5, 0.6) is 0 Å². The van der Waals surface area contributed by atoms with Gasteiger partial charge in [-0.05, 0) is 18.4 Å². The van der Waals surface area contributed by atoms with Crippen LogP contribution >= 0.6 is 0 Å². The van der Waals surface area contributed by atoms with Gasteiger partial charge in [-0.3, -0.25) is 0 Å². The number of hydrogen-bond donors (Lipinski definition) is 0. The van der Waals surface area contributed by atoms with Crippen LogP contribution in [-0.2, 0) is 14.3 Å². The van der Waals surface area contributed by atoms with Gasteiger partial charge in [-0.25, -0.2) is 0 Å². The summed E-state index contributed by atoms with van der Waals surface area (Å²) in [7, 11) is -3.43. The molecule has 3 nitrogen and oxygen atoms in total. The van der Waals surface area contributed by atoms with Gasteiger partial charge in [0.05, 0.1) is 6.26 Å². The normalized spacial score (nSPS) is 14.9. The van der Waals surface area contributed by atoms with Crippen LogP contribution in [-0.4, -0.2) is 14.7 Å². The van der Waals surface area contributed by atoms with Gasteiger partial charge in [-0.15, -0.1) is 0 Å². The molecule has 1 aromatic carbocycles. The molecule has 0 N–H and O–H groups in total. The highest BCUT2D eigenvalue weighted by atomic mass is 32.2. The second kappa shape index (κ2) is 3.70. The Bertz CT molecular complexity index is 480. The second-order valence-corrected chi connectivity index (χ2v) is 5.16. The van der Waals surface area contributed by atoms with Crippen molar-refractivity contribution in [1.29, 1.82) is 0 Å². The van der Waals surface area contributed by atoms with Gasteiger partial charge in [0.25, 0.3) is 0 Å². The van der Waals surface area contributed by atoms with Crippen molar-refractivity contribution in [1.82, 2.24) is 0 Å². The van der Waals surface area contributed by atoms with Crippen LogP contribution in [0.2, 0.25) is 0 Å². The molecule has 0 aromatic heterocycles. The molecule has 0 radical (unpaired) electrons. The van der Waals surface area contributed by atoms with E-state index in [0.717, 1.165) is 30.2 Å². The summed E-state index contributed by atoms with van der Waals surface area (Å²) in [4.78, 5) is 0. The van der Waals surface area contributed by atoms with Crippen LogP contribution in [0, 0.1) is 0 Å². The molecule has 2 rings (SSSR count). The lowest BCUT2D eigenvalue weighted by Gasteiger charge is -2.07. The molecule has 0 spiro atoms. The van der Waals surface area contributed by atoms with Crippen LogP contribution in [0.25, 0.3) is 5.76 Å². The Morgan fingerprint density at radius 2 is 1.80 bits per heavy atom. The lowest BCUT2D eigenvalue weighted by molar-refractivity contribution is 0.469. The lowest BCUT2D eigenvalue weighted by atomic mass is 10.2. The standard InChI is InChI=1S/C11H12O3S/c1-15(12,13)14-11(10-7-8-10)9-5-3-2-4-6-9/h2-6H,7-8H2,1H3. The summed E-state index contributed by atoms with van der Waals surface area (Å²) in [6.45, 7) is 0. The highest BCUT2D eigenvalue weighted by Gasteiger charge is 2.23. The molecule has 0 unspecified atom stereocenters. The average molecular weight is 224 g/mol. The van der Waals surface area contributed by atoms with Gasteiger partial charge < -0.3 is 4.18 Å². The van der Waals surface area contributed by atoms with E-state index in [1.807, 2.05) is 30.3 Å². The van der Waals surface area contributed by atoms with Crippen molar-refractivity contribution >= 4 is 15.9 Å². The molecule has 1 aliphatic rings. The number of hydrogen-bond acceptors (Lipinski definition) is 3. The highest BCUT2D eigenvalue weighted by molar-refractivity contribution is 7.86. The molecule has 0 atom stereocenters. The third kappa shape index (κ3) is 2.83. The monoisotopic (exact) mass is 224 g/mol. The SMILES string of the molecule is CS(=O)(=O)OC(=C1CC1)c1ccccc1. The first-order chi connectivity index (χ1) is 7.06. The summed E-state index contributed by atoms with van der Waals surface area (Å²) in [5.41, 5.74) is 1.90. The first-order valence-corrected chi connectivity index (χ1v) is 6.55. The molecule has 1 saturated carbocycles. The molecule has 80 valence electrons. The van der Waals surface area contributed by atoms with Crippen molar-refractivity contribution < 1.29 is 12.6 Å². The van der Waals surface area contributed by atoms with Crippen LogP contribution in [0.4, 0.5) is 0 Å². The average Bonchev–Trinajstić information content (AvgIpc) is 2.97. The zero-order valence-corrected chi connectivity index (χ0v) is 9.25. The first-order valence-electron chi connectivity index (χ1n) is 4.73. The Morgan fingerprint density at radius 1 is 1.20 bits per heavy atom. The van der Waals surface area contributed by atoms with E-state index in [9.17, 15) is 8.42 Å². The smallest absolute Gasteiger partial charge is 0.306 e. The van der Waals surface area contributed by atoms with E-state index in [4.69, 9.17) is 4.18 Å². The van der Waals surface area contributed by atoms with Gasteiger partial charge in [0, 0.05) is 5.56 Å². The summed E-state index contributed by atoms with van der Waals surface area (Å²) in [6, 6.07) is 9.32. The minimum Gasteiger partial charge on any atom is -0.382 e. The molecule has 15 heavy (non-hydrogen) atoms. The highest BCUT2D eigenvalue weighted by Crippen LogP contribution is 2.37. The predicted molar refractivity (Wildman–Crippen MR) is 58.5 cm³/mol. The van der Waals surface area contributed by atoms with Crippen LogP contribution in [0.1, 0.15) is 18.4 Å². The molecular formula is C11H12O3S. The Labute approximate surface area is 89.5 Å². The zero-order valence-electron chi connectivity index (χ0n) is 8.43. The van der Waals surface area contributed by atoms with E-state index in [-0.39, 0.29) is 0 Å². The van der Waals surface area contributed by atoms with Gasteiger partial charge >= 0.3 is 10.1 Å². The molecular weight excluding hydrogens is 212 g/mol. The minimum atomic E-state index is -3.43. The van der Waals surface area contributed by atoms with Crippen molar-refractivity contribution in [3.8, 4) is 0 Å². The van der Waals surface area contributed by atoms with Gasteiger partial charge in [0.1, 0.15) is 5.76 Å². The maximum absolute atomic E-state index is 11.1. The third-order valence-electron chi connectivity index (χ3n) is 2.09. The largest absolute Gasteiger partial charge is 0.382 e. The number of allylic oxidation sites excluding steroid dienone is 1. The fourth-order valence-corrected chi connectivity index (χ4v) is 1.86. The summed E-state index contributed by atoms with van der Waals surface area (Å²) in [5, 5.41) is 0. The fraction of sp³-hybridized carbons (Fsp3) is 0.273. The molecule has 0 heterocycles. The molecule has 0 saturated heterocycles. The summed E-state index contributed by atoms with van der Waals surface area (Å²) in [5.74, 6) is 0.512. The van der Waals surface area contributed by atoms with Crippen molar-refractivity contribution in [3.63, 3.8) is 0 Å². The minimum absolute atomic E-state index is 0.512. The van der Waals surface area contributed by atoms with Crippen molar-refractivity contribution in [2.45, 2.75) is 12.8 Å². The Kier molecular flexibility index (Phi) is 2.52. The van der Waals surface area contributed by atoms with Crippen molar-refractivity contribution in [3.05, 3.63) is 41.5 Å². The molecule has 0 amide bonds. The van der Waals surface area contributed by atoms with Gasteiger partial charge in [0.15, 0.2) is 0 Å². The molecule has 0 bridgehead atoms. The van der Waals surface area contributed by atoms with Crippen LogP contribution < -0.4 is 0 Å². The van der Waals surface area contributed by atoms with Crippen LogP contribution in [0.3, 0.4) is 0 Å². The predicted octanol–water partition coefficient (Wildman–Crippen LogP) is 2.17. The first kappa shape index (κ1) is 10.2. The maximum atomic E-state index is 11.1. The molecule has 1 aromatic rings. The van der Waals surface area contributed by atoms with Gasteiger partial charge in [-0.2, -0.15) is 8.42 Å². The van der Waals surface area contributed by atoms with Gasteiger partial charge in [-0.1, -0.05) is 30.3 Å². The molecule has 4 heteroatoms. The van der Waals surface area contributed by atoms with E-state index >= 15 is 0 Å². The summed E-state index contributed by atoms with van der Waals surface area (Å²) >= 11 is 0. The van der Waals surface area contributed by atoms with E-state index < -0.39 is 10.1 Å². The van der Waals surface area contributed by atoms with Gasteiger partial charge in [0.2, 0.25) is 0 Å². The molecule has 1 fully saturated rings. The fourth-order valence-electron chi connectivity index (χ4n) is 1.34. The molecule has 1 aliphatic carbocycles. The zero-order chi connectivity index (χ0) is 10.9. The Morgan fingerprint density at radius 3 is 2.27 bits per heavy atom. The van der Waals surface area contributed by atoms with Crippen molar-refractivity contribution in [2.24, 2.45) is 0 Å². The number of rotatable bonds is 3.